The minimum Gasteiger partial charge on any atom is -0.135 e. The SMILES string of the molecule is Clc1cccc(Br)c1-c1ccc2sc3ccccc3c2c1. The van der Waals surface area contributed by atoms with Gasteiger partial charge in [0.25, 0.3) is 0 Å². The van der Waals surface area contributed by atoms with E-state index in [1.165, 1.54) is 20.2 Å². The van der Waals surface area contributed by atoms with Gasteiger partial charge in [-0.25, -0.2) is 0 Å². The summed E-state index contributed by atoms with van der Waals surface area (Å²) in [7, 11) is 0. The zero-order valence-corrected chi connectivity index (χ0v) is 14.1. The van der Waals surface area contributed by atoms with E-state index < -0.39 is 0 Å². The third-order valence-electron chi connectivity index (χ3n) is 3.63. The lowest BCUT2D eigenvalue weighted by Gasteiger charge is -2.07. The molecule has 0 bridgehead atoms. The minimum absolute atomic E-state index is 0.767. The van der Waals surface area contributed by atoms with Crippen molar-refractivity contribution in [3.63, 3.8) is 0 Å². The number of rotatable bonds is 1. The van der Waals surface area contributed by atoms with Crippen LogP contribution in [0, 0.1) is 0 Å². The maximum atomic E-state index is 6.38. The Kier molecular flexibility index (Phi) is 3.26. The zero-order chi connectivity index (χ0) is 14.4. The molecule has 4 aromatic rings. The predicted molar refractivity (Wildman–Crippen MR) is 97.5 cm³/mol. The summed E-state index contributed by atoms with van der Waals surface area (Å²) in [6.07, 6.45) is 0. The fourth-order valence-electron chi connectivity index (χ4n) is 2.66. The smallest absolute Gasteiger partial charge is 0.0495 e. The van der Waals surface area contributed by atoms with Crippen LogP contribution in [0.5, 0.6) is 0 Å². The van der Waals surface area contributed by atoms with E-state index in [0.29, 0.717) is 0 Å². The van der Waals surface area contributed by atoms with E-state index >= 15 is 0 Å². The van der Waals surface area contributed by atoms with E-state index in [0.717, 1.165) is 20.6 Å². The Hall–Kier alpha value is -1.35. The molecule has 0 fully saturated rings. The quantitative estimate of drug-likeness (QED) is 0.332. The lowest BCUT2D eigenvalue weighted by atomic mass is 10.0. The van der Waals surface area contributed by atoms with Gasteiger partial charge in [0.1, 0.15) is 0 Å². The Bertz CT molecular complexity index is 951. The molecule has 1 heterocycles. The first-order valence-corrected chi connectivity index (χ1v) is 8.58. The molecule has 0 saturated carbocycles. The van der Waals surface area contributed by atoms with Crippen molar-refractivity contribution in [2.24, 2.45) is 0 Å². The Balaban J connectivity index is 2.05. The lowest BCUT2D eigenvalue weighted by molar-refractivity contribution is 1.61. The molecule has 0 nitrogen and oxygen atoms in total. The average Bonchev–Trinajstić information content (AvgIpc) is 2.85. The summed E-state index contributed by atoms with van der Waals surface area (Å²) in [4.78, 5) is 0. The van der Waals surface area contributed by atoms with E-state index in [9.17, 15) is 0 Å². The number of benzene rings is 3. The fraction of sp³-hybridized carbons (Fsp3) is 0. The van der Waals surface area contributed by atoms with Gasteiger partial charge in [-0.1, -0.05) is 57.9 Å². The summed E-state index contributed by atoms with van der Waals surface area (Å²) in [5, 5.41) is 3.37. The van der Waals surface area contributed by atoms with Crippen molar-refractivity contribution in [3.8, 4) is 11.1 Å². The summed E-state index contributed by atoms with van der Waals surface area (Å²) in [6.45, 7) is 0. The lowest BCUT2D eigenvalue weighted by Crippen LogP contribution is -1.81. The van der Waals surface area contributed by atoms with Crippen molar-refractivity contribution in [2.75, 3.05) is 0 Å². The number of thiophene rings is 1. The minimum atomic E-state index is 0.767. The maximum Gasteiger partial charge on any atom is 0.0495 e. The Morgan fingerprint density at radius 3 is 2.48 bits per heavy atom. The molecular weight excluding hydrogens is 364 g/mol. The Labute approximate surface area is 140 Å². The van der Waals surface area contributed by atoms with Crippen molar-refractivity contribution in [2.45, 2.75) is 0 Å². The van der Waals surface area contributed by atoms with Crippen LogP contribution in [0.25, 0.3) is 31.3 Å². The second-order valence-corrected chi connectivity index (χ2v) is 7.25. The highest BCUT2D eigenvalue weighted by Crippen LogP contribution is 2.40. The first kappa shape index (κ1) is 13.3. The molecule has 0 aliphatic carbocycles. The Morgan fingerprint density at radius 1 is 0.810 bits per heavy atom. The van der Waals surface area contributed by atoms with Gasteiger partial charge in [0.2, 0.25) is 0 Å². The standard InChI is InChI=1S/C18H10BrClS/c19-14-5-3-6-15(20)18(14)11-8-9-17-13(10-11)12-4-1-2-7-16(12)21-17/h1-10H. The topological polar surface area (TPSA) is 0 Å². The largest absolute Gasteiger partial charge is 0.135 e. The summed E-state index contributed by atoms with van der Waals surface area (Å²) in [5.74, 6) is 0. The molecule has 0 spiro atoms. The Morgan fingerprint density at radius 2 is 1.62 bits per heavy atom. The molecule has 4 rings (SSSR count). The van der Waals surface area contributed by atoms with Gasteiger partial charge in [0, 0.05) is 35.2 Å². The van der Waals surface area contributed by atoms with Gasteiger partial charge < -0.3 is 0 Å². The van der Waals surface area contributed by atoms with Crippen molar-refractivity contribution < 1.29 is 0 Å². The van der Waals surface area contributed by atoms with Gasteiger partial charge in [-0.05, 0) is 35.9 Å². The summed E-state index contributed by atoms with van der Waals surface area (Å²) < 4.78 is 3.65. The average molecular weight is 374 g/mol. The second-order valence-electron chi connectivity index (χ2n) is 4.91. The van der Waals surface area contributed by atoms with Gasteiger partial charge in [-0.15, -0.1) is 11.3 Å². The first-order valence-electron chi connectivity index (χ1n) is 6.60. The highest BCUT2D eigenvalue weighted by atomic mass is 79.9. The van der Waals surface area contributed by atoms with Crippen LogP contribution in [-0.4, -0.2) is 0 Å². The predicted octanol–water partition coefficient (Wildman–Crippen LogP) is 7.14. The highest BCUT2D eigenvalue weighted by molar-refractivity contribution is 9.10. The third-order valence-corrected chi connectivity index (χ3v) is 5.76. The van der Waals surface area contributed by atoms with Crippen LogP contribution < -0.4 is 0 Å². The van der Waals surface area contributed by atoms with Crippen LogP contribution in [0.2, 0.25) is 5.02 Å². The van der Waals surface area contributed by atoms with E-state index in [1.807, 2.05) is 29.5 Å². The van der Waals surface area contributed by atoms with Gasteiger partial charge >= 0.3 is 0 Å². The molecule has 0 saturated heterocycles. The van der Waals surface area contributed by atoms with Gasteiger partial charge in [-0.3, -0.25) is 0 Å². The van der Waals surface area contributed by atoms with Crippen LogP contribution in [-0.2, 0) is 0 Å². The van der Waals surface area contributed by atoms with Crippen LogP contribution in [0.15, 0.2) is 65.1 Å². The maximum absolute atomic E-state index is 6.38. The molecule has 3 aromatic carbocycles. The van der Waals surface area contributed by atoms with Gasteiger partial charge in [-0.2, -0.15) is 0 Å². The zero-order valence-electron chi connectivity index (χ0n) is 10.9. The summed E-state index contributed by atoms with van der Waals surface area (Å²) in [6, 6.07) is 21.0. The van der Waals surface area contributed by atoms with Crippen LogP contribution >= 0.6 is 38.9 Å². The van der Waals surface area contributed by atoms with Crippen molar-refractivity contribution in [3.05, 3.63) is 70.2 Å². The molecule has 21 heavy (non-hydrogen) atoms. The molecule has 0 unspecified atom stereocenters. The second kappa shape index (κ2) is 5.13. The molecular formula is C18H10BrClS. The van der Waals surface area contributed by atoms with Crippen molar-refractivity contribution in [1.82, 2.24) is 0 Å². The van der Waals surface area contributed by atoms with Crippen LogP contribution in [0.4, 0.5) is 0 Å². The summed E-state index contributed by atoms with van der Waals surface area (Å²) >= 11 is 11.8. The molecule has 0 aliphatic rings. The van der Waals surface area contributed by atoms with E-state index in [2.05, 4.69) is 58.4 Å². The van der Waals surface area contributed by atoms with Gasteiger partial charge in [0.05, 0.1) is 0 Å². The molecule has 0 amide bonds. The van der Waals surface area contributed by atoms with E-state index in [1.54, 1.807) is 0 Å². The normalized spacial score (nSPS) is 11.3. The molecule has 0 aliphatic heterocycles. The van der Waals surface area contributed by atoms with Crippen LogP contribution in [0.1, 0.15) is 0 Å². The van der Waals surface area contributed by atoms with Crippen LogP contribution in [0.3, 0.4) is 0 Å². The number of fused-ring (bicyclic) bond motifs is 3. The third kappa shape index (κ3) is 2.18. The molecule has 3 heteroatoms. The summed E-state index contributed by atoms with van der Waals surface area (Å²) in [5.41, 5.74) is 2.19. The van der Waals surface area contributed by atoms with Gasteiger partial charge in [0.15, 0.2) is 0 Å². The number of halogens is 2. The molecule has 0 atom stereocenters. The number of hydrogen-bond acceptors (Lipinski definition) is 1. The van der Waals surface area contributed by atoms with E-state index in [-0.39, 0.29) is 0 Å². The molecule has 102 valence electrons. The molecule has 1 aromatic heterocycles. The highest BCUT2D eigenvalue weighted by Gasteiger charge is 2.10. The molecule has 0 radical (unpaired) electrons. The molecule has 0 N–H and O–H groups in total. The monoisotopic (exact) mass is 372 g/mol. The fourth-order valence-corrected chi connectivity index (χ4v) is 4.73. The first-order chi connectivity index (χ1) is 10.2. The van der Waals surface area contributed by atoms with Crippen molar-refractivity contribution >= 4 is 59.0 Å². The number of hydrogen-bond donors (Lipinski definition) is 0. The van der Waals surface area contributed by atoms with E-state index in [4.69, 9.17) is 11.6 Å². The van der Waals surface area contributed by atoms with Crippen molar-refractivity contribution in [1.29, 1.82) is 0 Å².